The first kappa shape index (κ1) is 41.0. The summed E-state index contributed by atoms with van der Waals surface area (Å²) < 4.78 is 120. The summed E-state index contributed by atoms with van der Waals surface area (Å²) in [6, 6.07) is 7.44. The van der Waals surface area contributed by atoms with Crippen molar-refractivity contribution in [1.82, 2.24) is 34.6 Å². The number of benzene rings is 2. The van der Waals surface area contributed by atoms with E-state index in [1.165, 1.54) is 44.8 Å². The highest BCUT2D eigenvalue weighted by molar-refractivity contribution is 7.90. The minimum Gasteiger partial charge on any atom is -0.378 e. The quantitative estimate of drug-likeness (QED) is 0.0886. The molecule has 0 bridgehead atoms. The van der Waals surface area contributed by atoms with Gasteiger partial charge in [-0.25, -0.2) is 27.3 Å². The van der Waals surface area contributed by atoms with Gasteiger partial charge in [-0.2, -0.15) is 27.4 Å². The van der Waals surface area contributed by atoms with Gasteiger partial charge < -0.3 is 10.4 Å². The van der Waals surface area contributed by atoms with Gasteiger partial charge in [0, 0.05) is 42.8 Å². The average molecular weight is 849 g/mol. The lowest BCUT2D eigenvalue weighted by molar-refractivity contribution is -0.123. The summed E-state index contributed by atoms with van der Waals surface area (Å²) in [5, 5.41) is 21.4. The van der Waals surface area contributed by atoms with E-state index in [9.17, 15) is 35.9 Å². The lowest BCUT2D eigenvalue weighted by atomic mass is 9.73. The number of aryl methyl sites for hydroxylation is 1. The molecule has 0 spiro atoms. The molecule has 1 fully saturated rings. The minimum atomic E-state index is -4.08. The summed E-state index contributed by atoms with van der Waals surface area (Å²) in [5.74, 6) is -3.13. The van der Waals surface area contributed by atoms with Gasteiger partial charge in [0.15, 0.2) is 5.82 Å². The Bertz CT molecular complexity index is 2630. The molecule has 2 aliphatic rings. The van der Waals surface area contributed by atoms with Crippen molar-refractivity contribution in [3.05, 3.63) is 93.0 Å². The van der Waals surface area contributed by atoms with E-state index >= 15 is 8.78 Å². The molecule has 1 amide bonds. The first-order valence-electron chi connectivity index (χ1n) is 17.8. The number of aliphatic hydroxyl groups is 1. The molecular weight excluding hydrogens is 814 g/mol. The second-order valence-corrected chi connectivity index (χ2v) is 16.7. The Labute approximate surface area is 333 Å². The number of nitrogens with one attached hydrogen (secondary N) is 3. The van der Waals surface area contributed by atoms with E-state index in [0.29, 0.717) is 16.3 Å². The number of alkyl halides is 4. The monoisotopic (exact) mass is 848 g/mol. The number of rotatable bonds is 11. The number of hydrogen-bond acceptors (Lipinski definition) is 7. The predicted octanol–water partition coefficient (Wildman–Crippen LogP) is 6.40. The van der Waals surface area contributed by atoms with Crippen molar-refractivity contribution in [1.29, 1.82) is 0 Å². The van der Waals surface area contributed by atoms with Crippen molar-refractivity contribution in [3.8, 4) is 23.0 Å². The molecule has 0 unspecified atom stereocenters. The van der Waals surface area contributed by atoms with E-state index in [2.05, 4.69) is 36.8 Å². The van der Waals surface area contributed by atoms with Gasteiger partial charge in [0.1, 0.15) is 40.9 Å². The van der Waals surface area contributed by atoms with Crippen LogP contribution in [0.3, 0.4) is 0 Å². The Morgan fingerprint density at radius 3 is 2.38 bits per heavy atom. The fraction of sp³-hybridized carbons (Fsp3) is 0.368. The van der Waals surface area contributed by atoms with Crippen LogP contribution in [0.25, 0.3) is 22.0 Å². The van der Waals surface area contributed by atoms with Gasteiger partial charge in [0.05, 0.1) is 27.7 Å². The third-order valence-electron chi connectivity index (χ3n) is 10.1. The smallest absolute Gasteiger partial charge is 0.300 e. The van der Waals surface area contributed by atoms with Crippen LogP contribution in [0.5, 0.6) is 0 Å². The minimum absolute atomic E-state index is 0.0186. The fourth-order valence-electron chi connectivity index (χ4n) is 7.60. The Balaban J connectivity index is 1.39. The van der Waals surface area contributed by atoms with Crippen LogP contribution in [0.2, 0.25) is 5.02 Å². The molecular formula is C38H35ClF6N8O4S. The number of carbonyl (C=O) groups is 1. The maximum Gasteiger partial charge on any atom is 0.300 e. The highest BCUT2D eigenvalue weighted by Crippen LogP contribution is 2.63. The summed E-state index contributed by atoms with van der Waals surface area (Å²) >= 11 is 6.60. The summed E-state index contributed by atoms with van der Waals surface area (Å²) in [6.45, 7) is 1.95. The van der Waals surface area contributed by atoms with Gasteiger partial charge in [-0.1, -0.05) is 23.6 Å². The van der Waals surface area contributed by atoms with Gasteiger partial charge in [-0.05, 0) is 80.8 Å². The predicted molar refractivity (Wildman–Crippen MR) is 201 cm³/mol. The third-order valence-corrected chi connectivity index (χ3v) is 11.4. The Kier molecular flexibility index (Phi) is 10.5. The number of carbonyl (C=O) groups excluding carboxylic acids is 1. The molecule has 306 valence electrons. The first-order valence-corrected chi connectivity index (χ1v) is 19.7. The van der Waals surface area contributed by atoms with E-state index in [1.807, 2.05) is 0 Å². The second kappa shape index (κ2) is 14.9. The number of halogens is 7. The molecule has 3 heterocycles. The number of hydrogen-bond donors (Lipinski definition) is 4. The van der Waals surface area contributed by atoms with Crippen molar-refractivity contribution < 1.29 is 44.7 Å². The molecule has 0 saturated heterocycles. The molecule has 2 aromatic carbocycles. The van der Waals surface area contributed by atoms with E-state index in [0.717, 1.165) is 12.1 Å². The molecule has 3 atom stereocenters. The van der Waals surface area contributed by atoms with Crippen molar-refractivity contribution in [2.45, 2.75) is 69.6 Å². The van der Waals surface area contributed by atoms with Gasteiger partial charge in [0.2, 0.25) is 5.91 Å². The molecule has 58 heavy (non-hydrogen) atoms. The van der Waals surface area contributed by atoms with Crippen molar-refractivity contribution in [3.63, 3.8) is 0 Å². The van der Waals surface area contributed by atoms with E-state index in [1.54, 1.807) is 12.1 Å². The summed E-state index contributed by atoms with van der Waals surface area (Å²) in [6.07, 6.45) is -3.14. The van der Waals surface area contributed by atoms with Crippen LogP contribution in [-0.4, -0.2) is 56.6 Å². The highest BCUT2D eigenvalue weighted by atomic mass is 35.5. The molecule has 12 nitrogen and oxygen atoms in total. The molecule has 5 aromatic rings. The van der Waals surface area contributed by atoms with Gasteiger partial charge in [-0.15, -0.1) is 0 Å². The Hall–Kier alpha value is -5.16. The largest absolute Gasteiger partial charge is 0.378 e. The summed E-state index contributed by atoms with van der Waals surface area (Å²) in [7, 11) is -1.37. The molecule has 20 heteroatoms. The number of amides is 1. The van der Waals surface area contributed by atoms with Crippen LogP contribution in [0.15, 0.2) is 42.5 Å². The van der Waals surface area contributed by atoms with Crippen molar-refractivity contribution in [2.24, 2.45) is 13.0 Å². The SMILES string of the molecule is CNS(=O)(=O)Nc1nn(C)c2c(-c3ccc(C#CC(C)(C)O)nc3[C@H](Cc3cc(F)cc(F)c3)NC(=O)Cn3nc(C(F)F)c4c3C(F)(F)[C@@H]3CC[C@H]43)ccc(Cl)c12. The molecule has 0 aliphatic heterocycles. The zero-order valence-electron chi connectivity index (χ0n) is 31.1. The van der Waals surface area contributed by atoms with Crippen molar-refractivity contribution >= 4 is 44.4 Å². The van der Waals surface area contributed by atoms with Gasteiger partial charge in [-0.3, -0.25) is 18.9 Å². The van der Waals surface area contributed by atoms with E-state index in [4.69, 9.17) is 16.6 Å². The maximum absolute atomic E-state index is 15.6. The normalized spacial score (nSPS) is 17.7. The van der Waals surface area contributed by atoms with Crippen molar-refractivity contribution in [2.75, 3.05) is 11.8 Å². The van der Waals surface area contributed by atoms with Crippen LogP contribution >= 0.6 is 11.6 Å². The topological polar surface area (TPSA) is 156 Å². The number of pyridine rings is 1. The van der Waals surface area contributed by atoms with Crippen LogP contribution in [0.4, 0.5) is 32.2 Å². The van der Waals surface area contributed by atoms with E-state index in [-0.39, 0.29) is 69.1 Å². The number of anilines is 1. The molecule has 2 aliphatic carbocycles. The van der Waals surface area contributed by atoms with Crippen LogP contribution in [0.1, 0.15) is 79.0 Å². The number of fused-ring (bicyclic) bond motifs is 4. The number of aromatic nitrogens is 5. The standard InChI is InChI=1S/C38H35ClF6N8O4S/c1-37(2,55)12-11-21-5-6-22(23-8-10-26(39)30-33(23)52(4)50-36(30)51-58(56,57)46-3)31(47-21)27(15-18-13-19(40)16-20(41)14-18)48-28(54)17-53-34-29(32(49-53)35(42)43)24-7-9-25(24)38(34,44)45/h5-6,8,10,13-14,16,24-25,27,35,46,55H,7,9,15,17H2,1-4H3,(H,48,54)(H,50,51)/t24-,25+,27-/m0/s1. The molecule has 7 rings (SSSR count). The zero-order chi connectivity index (χ0) is 42.1. The third kappa shape index (κ3) is 7.73. The molecule has 3 aromatic heterocycles. The van der Waals surface area contributed by atoms with Crippen LogP contribution < -0.4 is 14.8 Å². The maximum atomic E-state index is 15.6. The van der Waals surface area contributed by atoms with Gasteiger partial charge >= 0.3 is 0 Å². The molecule has 1 saturated carbocycles. The summed E-state index contributed by atoms with van der Waals surface area (Å²) in [5.41, 5.74) is -2.28. The first-order chi connectivity index (χ1) is 27.2. The highest BCUT2D eigenvalue weighted by Gasteiger charge is 2.62. The Morgan fingerprint density at radius 1 is 1.07 bits per heavy atom. The van der Waals surface area contributed by atoms with Crippen LogP contribution in [0, 0.1) is 29.4 Å². The molecule has 4 N–H and O–H groups in total. The number of nitrogens with zero attached hydrogens (tertiary/aromatic N) is 5. The van der Waals surface area contributed by atoms with E-state index < -0.39 is 81.5 Å². The average Bonchev–Trinajstić information content (AvgIpc) is 3.68. The zero-order valence-corrected chi connectivity index (χ0v) is 32.7. The van der Waals surface area contributed by atoms with Crippen LogP contribution in [-0.2, 0) is 40.9 Å². The second-order valence-electron chi connectivity index (χ2n) is 14.7. The lowest BCUT2D eigenvalue weighted by Crippen LogP contribution is -2.36. The summed E-state index contributed by atoms with van der Waals surface area (Å²) in [4.78, 5) is 18.7. The lowest BCUT2D eigenvalue weighted by Gasteiger charge is -2.34. The van der Waals surface area contributed by atoms with Gasteiger partial charge in [0.25, 0.3) is 22.6 Å². The molecule has 0 radical (unpaired) electrons. The fourth-order valence-corrected chi connectivity index (χ4v) is 8.34. The Morgan fingerprint density at radius 2 is 1.76 bits per heavy atom.